The number of amides is 2. The van der Waals surface area contributed by atoms with Gasteiger partial charge in [-0.3, -0.25) is 9.69 Å². The second kappa shape index (κ2) is 5.86. The lowest BCUT2D eigenvalue weighted by Crippen LogP contribution is -2.55. The number of rotatable bonds is 3. The van der Waals surface area contributed by atoms with E-state index in [1.807, 2.05) is 0 Å². The smallest absolute Gasteiger partial charge is 0.325 e. The SMILES string of the molecule is CC(NC(=O)N1CCN(C(C)C)CC1)C(=O)O. The normalized spacial score (nSPS) is 19.2. The van der Waals surface area contributed by atoms with Crippen molar-refractivity contribution >= 4 is 12.0 Å². The summed E-state index contributed by atoms with van der Waals surface area (Å²) < 4.78 is 0. The number of carboxylic acid groups (broad SMARTS) is 1. The van der Waals surface area contributed by atoms with E-state index in [4.69, 9.17) is 5.11 Å². The van der Waals surface area contributed by atoms with Crippen LogP contribution < -0.4 is 5.32 Å². The Morgan fingerprint density at radius 1 is 1.12 bits per heavy atom. The lowest BCUT2D eigenvalue weighted by Gasteiger charge is -2.37. The van der Waals surface area contributed by atoms with E-state index < -0.39 is 12.0 Å². The number of piperazine rings is 1. The van der Waals surface area contributed by atoms with E-state index >= 15 is 0 Å². The molecule has 98 valence electrons. The molecule has 17 heavy (non-hydrogen) atoms. The minimum absolute atomic E-state index is 0.289. The van der Waals surface area contributed by atoms with Gasteiger partial charge in [-0.1, -0.05) is 0 Å². The van der Waals surface area contributed by atoms with Gasteiger partial charge >= 0.3 is 12.0 Å². The quantitative estimate of drug-likeness (QED) is 0.742. The zero-order valence-electron chi connectivity index (χ0n) is 10.6. The Hall–Kier alpha value is -1.30. The molecule has 0 aromatic heterocycles. The monoisotopic (exact) mass is 243 g/mol. The Morgan fingerprint density at radius 2 is 1.65 bits per heavy atom. The van der Waals surface area contributed by atoms with Gasteiger partial charge in [0.1, 0.15) is 6.04 Å². The van der Waals surface area contributed by atoms with Crippen molar-refractivity contribution in [2.75, 3.05) is 26.2 Å². The summed E-state index contributed by atoms with van der Waals surface area (Å²) in [7, 11) is 0. The molecule has 1 atom stereocenters. The molecule has 0 aliphatic carbocycles. The number of carbonyl (C=O) groups is 2. The van der Waals surface area contributed by atoms with E-state index in [9.17, 15) is 9.59 Å². The first kappa shape index (κ1) is 13.8. The molecule has 0 bridgehead atoms. The van der Waals surface area contributed by atoms with E-state index in [-0.39, 0.29) is 6.03 Å². The molecule has 0 spiro atoms. The number of nitrogens with one attached hydrogen (secondary N) is 1. The molecule has 0 aromatic rings. The van der Waals surface area contributed by atoms with Crippen LogP contribution in [0.15, 0.2) is 0 Å². The van der Waals surface area contributed by atoms with Crippen LogP contribution in [0.1, 0.15) is 20.8 Å². The molecule has 6 nitrogen and oxygen atoms in total. The number of nitrogens with zero attached hydrogens (tertiary/aromatic N) is 2. The van der Waals surface area contributed by atoms with Gasteiger partial charge in [0.25, 0.3) is 0 Å². The van der Waals surface area contributed by atoms with Gasteiger partial charge in [0.05, 0.1) is 0 Å². The van der Waals surface area contributed by atoms with E-state index in [2.05, 4.69) is 24.1 Å². The maximum Gasteiger partial charge on any atom is 0.325 e. The third-order valence-electron chi connectivity index (χ3n) is 3.04. The Kier molecular flexibility index (Phi) is 4.74. The summed E-state index contributed by atoms with van der Waals surface area (Å²) in [6, 6.07) is -0.646. The number of urea groups is 1. The van der Waals surface area contributed by atoms with Crippen LogP contribution in [0.5, 0.6) is 0 Å². The zero-order chi connectivity index (χ0) is 13.0. The summed E-state index contributed by atoms with van der Waals surface area (Å²) in [4.78, 5) is 26.3. The molecule has 2 N–H and O–H groups in total. The highest BCUT2D eigenvalue weighted by Crippen LogP contribution is 2.06. The van der Waals surface area contributed by atoms with Crippen LogP contribution in [0.3, 0.4) is 0 Å². The van der Waals surface area contributed by atoms with Crippen molar-refractivity contribution < 1.29 is 14.7 Å². The van der Waals surface area contributed by atoms with Gasteiger partial charge in [-0.05, 0) is 20.8 Å². The summed E-state index contributed by atoms with van der Waals surface area (Å²) in [6.45, 7) is 8.70. The number of hydrogen-bond acceptors (Lipinski definition) is 3. The highest BCUT2D eigenvalue weighted by Gasteiger charge is 2.24. The van der Waals surface area contributed by atoms with Crippen LogP contribution in [0.25, 0.3) is 0 Å². The Morgan fingerprint density at radius 3 is 2.06 bits per heavy atom. The molecular weight excluding hydrogens is 222 g/mol. The second-order valence-corrected chi connectivity index (χ2v) is 4.63. The predicted octanol–water partition coefficient (Wildman–Crippen LogP) is 0.195. The molecule has 0 aromatic carbocycles. The van der Waals surface area contributed by atoms with Gasteiger partial charge < -0.3 is 15.3 Å². The summed E-state index contributed by atoms with van der Waals surface area (Å²) in [6.07, 6.45) is 0. The van der Waals surface area contributed by atoms with Gasteiger partial charge in [0.15, 0.2) is 0 Å². The molecule has 1 rings (SSSR count). The Labute approximate surface area is 102 Å². The number of carboxylic acids is 1. The van der Waals surface area contributed by atoms with Gasteiger partial charge in [0, 0.05) is 32.2 Å². The minimum atomic E-state index is -1.01. The fourth-order valence-electron chi connectivity index (χ4n) is 1.78. The molecule has 1 aliphatic heterocycles. The van der Waals surface area contributed by atoms with Crippen molar-refractivity contribution in [1.82, 2.24) is 15.1 Å². The van der Waals surface area contributed by atoms with Crippen LogP contribution in [-0.2, 0) is 4.79 Å². The highest BCUT2D eigenvalue weighted by atomic mass is 16.4. The molecule has 1 fully saturated rings. The van der Waals surface area contributed by atoms with E-state index in [0.717, 1.165) is 13.1 Å². The molecule has 1 heterocycles. The largest absolute Gasteiger partial charge is 0.480 e. The number of hydrogen-bond donors (Lipinski definition) is 2. The summed E-state index contributed by atoms with van der Waals surface area (Å²) in [5.41, 5.74) is 0. The third kappa shape index (κ3) is 3.89. The zero-order valence-corrected chi connectivity index (χ0v) is 10.6. The average molecular weight is 243 g/mol. The van der Waals surface area contributed by atoms with Gasteiger partial charge in [-0.25, -0.2) is 4.79 Å². The summed E-state index contributed by atoms with van der Waals surface area (Å²) >= 11 is 0. The number of carbonyl (C=O) groups excluding carboxylic acids is 1. The minimum Gasteiger partial charge on any atom is -0.480 e. The average Bonchev–Trinajstić information content (AvgIpc) is 2.28. The van der Waals surface area contributed by atoms with Crippen molar-refractivity contribution in [3.05, 3.63) is 0 Å². The van der Waals surface area contributed by atoms with Gasteiger partial charge in [0.2, 0.25) is 0 Å². The number of aliphatic carboxylic acids is 1. The molecule has 2 amide bonds. The van der Waals surface area contributed by atoms with Crippen LogP contribution in [0.2, 0.25) is 0 Å². The molecule has 6 heteroatoms. The fraction of sp³-hybridized carbons (Fsp3) is 0.818. The van der Waals surface area contributed by atoms with Crippen molar-refractivity contribution in [1.29, 1.82) is 0 Å². The lowest BCUT2D eigenvalue weighted by molar-refractivity contribution is -0.138. The molecule has 1 unspecified atom stereocenters. The molecule has 1 saturated heterocycles. The van der Waals surface area contributed by atoms with Crippen LogP contribution in [-0.4, -0.2) is 65.2 Å². The van der Waals surface area contributed by atoms with Crippen molar-refractivity contribution in [3.8, 4) is 0 Å². The lowest BCUT2D eigenvalue weighted by atomic mass is 10.2. The fourth-order valence-corrected chi connectivity index (χ4v) is 1.78. The first-order valence-corrected chi connectivity index (χ1v) is 5.94. The molecule has 0 radical (unpaired) electrons. The van der Waals surface area contributed by atoms with E-state index in [1.54, 1.807) is 4.90 Å². The Bertz CT molecular complexity index is 286. The first-order chi connectivity index (χ1) is 7.91. The van der Waals surface area contributed by atoms with Crippen molar-refractivity contribution in [2.45, 2.75) is 32.9 Å². The van der Waals surface area contributed by atoms with Crippen LogP contribution in [0, 0.1) is 0 Å². The molecular formula is C11H21N3O3. The molecule has 0 saturated carbocycles. The third-order valence-corrected chi connectivity index (χ3v) is 3.04. The highest BCUT2D eigenvalue weighted by molar-refractivity contribution is 5.82. The van der Waals surface area contributed by atoms with Gasteiger partial charge in [-0.15, -0.1) is 0 Å². The Balaban J connectivity index is 2.38. The molecule has 1 aliphatic rings. The first-order valence-electron chi connectivity index (χ1n) is 5.94. The maximum atomic E-state index is 11.7. The van der Waals surface area contributed by atoms with E-state index in [0.29, 0.717) is 19.1 Å². The van der Waals surface area contributed by atoms with E-state index in [1.165, 1.54) is 6.92 Å². The van der Waals surface area contributed by atoms with Crippen LogP contribution in [0.4, 0.5) is 4.79 Å². The predicted molar refractivity (Wildman–Crippen MR) is 63.9 cm³/mol. The van der Waals surface area contributed by atoms with Crippen molar-refractivity contribution in [2.24, 2.45) is 0 Å². The van der Waals surface area contributed by atoms with Crippen molar-refractivity contribution in [3.63, 3.8) is 0 Å². The topological polar surface area (TPSA) is 72.9 Å². The van der Waals surface area contributed by atoms with Crippen LogP contribution >= 0.6 is 0 Å². The summed E-state index contributed by atoms with van der Waals surface area (Å²) in [5, 5.41) is 11.2. The second-order valence-electron chi connectivity index (χ2n) is 4.63. The maximum absolute atomic E-state index is 11.7. The van der Waals surface area contributed by atoms with Gasteiger partial charge in [-0.2, -0.15) is 0 Å². The summed E-state index contributed by atoms with van der Waals surface area (Å²) in [5.74, 6) is -1.01. The standard InChI is InChI=1S/C11H21N3O3/c1-8(2)13-4-6-14(7-5-13)11(17)12-9(3)10(15)16/h8-9H,4-7H2,1-3H3,(H,12,17)(H,15,16).